The molecule has 0 amide bonds. The van der Waals surface area contributed by atoms with Crippen molar-refractivity contribution in [3.05, 3.63) is 0 Å². The summed E-state index contributed by atoms with van der Waals surface area (Å²) in [7, 11) is 6.42. The van der Waals surface area contributed by atoms with Crippen LogP contribution in [0.3, 0.4) is 0 Å². The van der Waals surface area contributed by atoms with Gasteiger partial charge in [-0.25, -0.2) is 4.39 Å². The molecule has 140 valence electrons. The van der Waals surface area contributed by atoms with Crippen LogP contribution in [0.2, 0.25) is 0 Å². The Balaban J connectivity index is 4.38. The Labute approximate surface area is 172 Å². The fourth-order valence-electron chi connectivity index (χ4n) is 1.74. The average molecular weight is 462 g/mol. The molecule has 0 aromatic carbocycles. The lowest BCUT2D eigenvalue weighted by atomic mass is 9.99. The molecule has 23 heavy (non-hydrogen) atoms. The van der Waals surface area contributed by atoms with Gasteiger partial charge in [-0.15, -0.1) is 0 Å². The smallest absolute Gasteiger partial charge is 0.191 e. The molecule has 0 aromatic heterocycles. The lowest BCUT2D eigenvalue weighted by Crippen LogP contribution is -2.21. The van der Waals surface area contributed by atoms with E-state index in [2.05, 4.69) is 27.7 Å². The van der Waals surface area contributed by atoms with Gasteiger partial charge >= 0.3 is 0 Å². The maximum Gasteiger partial charge on any atom is 0.191 e. The normalized spacial score (nSPS) is 17.3. The van der Waals surface area contributed by atoms with Crippen molar-refractivity contribution in [2.45, 2.75) is 73.2 Å². The topological polar surface area (TPSA) is 0 Å². The standard InChI is InChI=1S/C15H28Cl3FS4/c1-10(2)12(9-15(16,17)18)21-23-14(4,5)8-7-11(3)13(19)22-20-6/h10-13H,7-9H2,1-6H3/t11?,12-,13+/m0/s1. The van der Waals surface area contributed by atoms with E-state index >= 15 is 0 Å². The quantitative estimate of drug-likeness (QED) is 0.223. The molecule has 0 nitrogen and oxygen atoms in total. The highest BCUT2D eigenvalue weighted by Gasteiger charge is 2.30. The molecule has 0 aliphatic carbocycles. The van der Waals surface area contributed by atoms with Gasteiger partial charge in [-0.3, -0.25) is 0 Å². The first-order valence-electron chi connectivity index (χ1n) is 7.62. The fourth-order valence-corrected chi connectivity index (χ4v) is 7.54. The van der Waals surface area contributed by atoms with Crippen LogP contribution in [0.25, 0.3) is 0 Å². The summed E-state index contributed by atoms with van der Waals surface area (Å²) in [5, 5.41) is 0.283. The molecule has 0 aromatic rings. The number of halogens is 4. The van der Waals surface area contributed by atoms with Gasteiger partial charge in [0.1, 0.15) is 0 Å². The van der Waals surface area contributed by atoms with E-state index in [4.69, 9.17) is 34.8 Å². The summed E-state index contributed by atoms with van der Waals surface area (Å²) >= 11 is 17.9. The number of hydrogen-bond donors (Lipinski definition) is 0. The molecule has 1 unspecified atom stereocenters. The summed E-state index contributed by atoms with van der Waals surface area (Å²) in [4.78, 5) is 0. The minimum absolute atomic E-state index is 0.0689. The maximum atomic E-state index is 13.9. The lowest BCUT2D eigenvalue weighted by Gasteiger charge is -2.30. The second-order valence-corrected chi connectivity index (χ2v) is 14.9. The molecule has 0 heterocycles. The van der Waals surface area contributed by atoms with Crippen molar-refractivity contribution >= 4 is 78.0 Å². The summed E-state index contributed by atoms with van der Waals surface area (Å²) in [5.74, 6) is 0.505. The molecule has 0 aliphatic heterocycles. The molecule has 3 atom stereocenters. The lowest BCUT2D eigenvalue weighted by molar-refractivity contribution is 0.318. The predicted octanol–water partition coefficient (Wildman–Crippen LogP) is 8.65. The van der Waals surface area contributed by atoms with Crippen molar-refractivity contribution in [3.8, 4) is 0 Å². The van der Waals surface area contributed by atoms with Crippen LogP contribution >= 0.6 is 78.0 Å². The van der Waals surface area contributed by atoms with Gasteiger partial charge in [0.15, 0.2) is 9.30 Å². The highest BCUT2D eigenvalue weighted by molar-refractivity contribution is 8.77. The van der Waals surface area contributed by atoms with Crippen molar-refractivity contribution in [1.29, 1.82) is 0 Å². The van der Waals surface area contributed by atoms with Crippen molar-refractivity contribution in [2.24, 2.45) is 11.8 Å². The Morgan fingerprint density at radius 1 is 1.04 bits per heavy atom. The van der Waals surface area contributed by atoms with Gasteiger partial charge in [0.25, 0.3) is 0 Å². The molecule has 0 fully saturated rings. The molecule has 0 rings (SSSR count). The molecule has 0 saturated carbocycles. The summed E-state index contributed by atoms with van der Waals surface area (Å²) in [6, 6.07) is 0. The van der Waals surface area contributed by atoms with Crippen LogP contribution in [0, 0.1) is 11.8 Å². The van der Waals surface area contributed by atoms with E-state index in [-0.39, 0.29) is 15.9 Å². The van der Waals surface area contributed by atoms with Crippen LogP contribution in [-0.2, 0) is 0 Å². The third kappa shape index (κ3) is 13.1. The van der Waals surface area contributed by atoms with Gasteiger partial charge in [-0.2, -0.15) is 0 Å². The first-order valence-corrected chi connectivity index (χ1v) is 13.6. The predicted molar refractivity (Wildman–Crippen MR) is 117 cm³/mol. The molecule has 0 aliphatic rings. The summed E-state index contributed by atoms with van der Waals surface area (Å²) in [6.07, 6.45) is 4.30. The van der Waals surface area contributed by atoms with Gasteiger partial charge < -0.3 is 0 Å². The van der Waals surface area contributed by atoms with E-state index in [1.807, 2.05) is 24.0 Å². The van der Waals surface area contributed by atoms with Gasteiger partial charge in [0.2, 0.25) is 0 Å². The molecular formula is C15H28Cl3FS4. The molecular weight excluding hydrogens is 434 g/mol. The zero-order valence-electron chi connectivity index (χ0n) is 14.6. The molecule has 0 spiro atoms. The first-order chi connectivity index (χ1) is 10.4. The second-order valence-electron chi connectivity index (χ2n) is 6.67. The van der Waals surface area contributed by atoms with Crippen LogP contribution < -0.4 is 0 Å². The van der Waals surface area contributed by atoms with Crippen LogP contribution in [-0.4, -0.2) is 25.5 Å². The van der Waals surface area contributed by atoms with Crippen LogP contribution in [0.15, 0.2) is 0 Å². The van der Waals surface area contributed by atoms with Crippen molar-refractivity contribution < 1.29 is 4.39 Å². The van der Waals surface area contributed by atoms with E-state index in [0.717, 1.165) is 12.8 Å². The van der Waals surface area contributed by atoms with E-state index in [1.165, 1.54) is 21.6 Å². The molecule has 8 heteroatoms. The SMILES string of the molecule is CSS[C@@H](F)C(C)CCC(C)(C)SS[C@@H](CC(Cl)(Cl)Cl)C(C)C. The minimum Gasteiger partial charge on any atom is -0.234 e. The van der Waals surface area contributed by atoms with Crippen LogP contribution in [0.4, 0.5) is 4.39 Å². The second kappa shape index (κ2) is 11.8. The van der Waals surface area contributed by atoms with E-state index in [0.29, 0.717) is 12.3 Å². The average Bonchev–Trinajstić information content (AvgIpc) is 2.39. The third-order valence-electron chi connectivity index (χ3n) is 3.41. The van der Waals surface area contributed by atoms with Crippen LogP contribution in [0.5, 0.6) is 0 Å². The zero-order valence-corrected chi connectivity index (χ0v) is 20.1. The Morgan fingerprint density at radius 3 is 2.04 bits per heavy atom. The number of hydrogen-bond acceptors (Lipinski definition) is 4. The summed E-state index contributed by atoms with van der Waals surface area (Å²) < 4.78 is 12.7. The Morgan fingerprint density at radius 2 is 1.61 bits per heavy atom. The maximum absolute atomic E-state index is 13.9. The van der Waals surface area contributed by atoms with Crippen molar-refractivity contribution in [3.63, 3.8) is 0 Å². The van der Waals surface area contributed by atoms with Crippen molar-refractivity contribution in [1.82, 2.24) is 0 Å². The van der Waals surface area contributed by atoms with Crippen molar-refractivity contribution in [2.75, 3.05) is 6.26 Å². The third-order valence-corrected chi connectivity index (χ3v) is 9.94. The Bertz CT molecular complexity index is 324. The minimum atomic E-state index is -1.21. The highest BCUT2D eigenvalue weighted by Crippen LogP contribution is 2.47. The van der Waals surface area contributed by atoms with Gasteiger partial charge in [-0.05, 0) is 44.8 Å². The molecule has 0 radical (unpaired) electrons. The Hall–Kier alpha value is 2.20. The summed E-state index contributed by atoms with van der Waals surface area (Å²) in [5.41, 5.74) is -0.800. The van der Waals surface area contributed by atoms with Gasteiger partial charge in [0, 0.05) is 16.4 Å². The van der Waals surface area contributed by atoms with E-state index < -0.39 is 9.30 Å². The summed E-state index contributed by atoms with van der Waals surface area (Å²) in [6.45, 7) is 10.7. The molecule has 0 saturated heterocycles. The monoisotopic (exact) mass is 460 g/mol. The van der Waals surface area contributed by atoms with E-state index in [9.17, 15) is 4.39 Å². The van der Waals surface area contributed by atoms with Crippen LogP contribution in [0.1, 0.15) is 53.9 Å². The molecule has 0 bridgehead atoms. The fraction of sp³-hybridized carbons (Fsp3) is 1.00. The highest BCUT2D eigenvalue weighted by atomic mass is 35.6. The first kappa shape index (κ1) is 25.2. The zero-order chi connectivity index (χ0) is 18.3. The van der Waals surface area contributed by atoms with Gasteiger partial charge in [0.05, 0.1) is 0 Å². The van der Waals surface area contributed by atoms with E-state index in [1.54, 1.807) is 10.8 Å². The van der Waals surface area contributed by atoms with Gasteiger partial charge in [-0.1, -0.05) is 98.7 Å². The Kier molecular flexibility index (Phi) is 12.9. The largest absolute Gasteiger partial charge is 0.234 e. The number of rotatable bonds is 11. The number of alkyl halides is 4. The molecule has 0 N–H and O–H groups in total.